The molecular formula is C27H28F3N3O5. The number of rotatable bonds is 11. The van der Waals surface area contributed by atoms with Gasteiger partial charge in [-0.15, -0.1) is 0 Å². The Hall–Kier alpha value is -4.12. The number of carboxylic acid groups (broad SMARTS) is 1. The lowest BCUT2D eigenvalue weighted by Crippen LogP contribution is -2.36. The van der Waals surface area contributed by atoms with E-state index < -0.39 is 36.3 Å². The molecule has 2 aromatic carbocycles. The molecule has 1 heterocycles. The van der Waals surface area contributed by atoms with Gasteiger partial charge in [-0.25, -0.2) is 9.78 Å². The zero-order valence-corrected chi connectivity index (χ0v) is 20.7. The highest BCUT2D eigenvalue weighted by Crippen LogP contribution is 2.31. The van der Waals surface area contributed by atoms with Crippen LogP contribution in [0.3, 0.4) is 0 Å². The Morgan fingerprint density at radius 2 is 1.61 bits per heavy atom. The van der Waals surface area contributed by atoms with Gasteiger partial charge in [0.2, 0.25) is 5.88 Å². The molecule has 8 nitrogen and oxygen atoms in total. The largest absolute Gasteiger partial charge is 0.479 e. The monoisotopic (exact) mass is 531 g/mol. The number of aliphatic hydroxyl groups excluding tert-OH is 1. The summed E-state index contributed by atoms with van der Waals surface area (Å²) in [4.78, 5) is 27.1. The number of carbonyl (C=O) groups excluding carboxylic acids is 1. The van der Waals surface area contributed by atoms with Crippen molar-refractivity contribution in [2.24, 2.45) is 5.92 Å². The number of aliphatic carboxylic acids is 1. The van der Waals surface area contributed by atoms with Crippen molar-refractivity contribution in [1.29, 1.82) is 0 Å². The number of carbonyl (C=O) groups is 2. The van der Waals surface area contributed by atoms with Crippen molar-refractivity contribution < 1.29 is 37.7 Å². The first-order valence-corrected chi connectivity index (χ1v) is 11.8. The van der Waals surface area contributed by atoms with Gasteiger partial charge in [0, 0.05) is 29.1 Å². The van der Waals surface area contributed by atoms with Crippen molar-refractivity contribution in [3.63, 3.8) is 0 Å². The Kier molecular flexibility index (Phi) is 9.30. The van der Waals surface area contributed by atoms with Gasteiger partial charge >= 0.3 is 12.1 Å². The Morgan fingerprint density at radius 1 is 0.974 bits per heavy atom. The van der Waals surface area contributed by atoms with E-state index in [4.69, 9.17) is 9.84 Å². The fourth-order valence-corrected chi connectivity index (χ4v) is 3.37. The summed E-state index contributed by atoms with van der Waals surface area (Å²) in [7, 11) is 0. The molecule has 0 saturated carbocycles. The van der Waals surface area contributed by atoms with Gasteiger partial charge in [0.15, 0.2) is 6.10 Å². The molecule has 11 heteroatoms. The number of halogens is 3. The molecule has 2 unspecified atom stereocenters. The molecule has 3 rings (SSSR count). The lowest BCUT2D eigenvalue weighted by atomic mass is 10.0. The van der Waals surface area contributed by atoms with E-state index in [2.05, 4.69) is 15.6 Å². The minimum Gasteiger partial charge on any atom is -0.479 e. The van der Waals surface area contributed by atoms with Gasteiger partial charge < -0.3 is 25.6 Å². The summed E-state index contributed by atoms with van der Waals surface area (Å²) in [5.41, 5.74) is 1.60. The van der Waals surface area contributed by atoms with E-state index in [0.29, 0.717) is 22.6 Å². The number of pyridine rings is 1. The number of carboxylic acids is 1. The SMILES string of the molecule is CC(C)C(COc1ccc(-c2ccc(C(F)(F)F)cc2)cn1)Nc1ccc(C(=O)NCC(O)C(=O)O)cc1. The molecule has 2 atom stereocenters. The molecule has 4 N–H and O–H groups in total. The number of benzene rings is 2. The molecule has 38 heavy (non-hydrogen) atoms. The molecule has 0 aliphatic rings. The second kappa shape index (κ2) is 12.4. The minimum atomic E-state index is -4.39. The number of hydrogen-bond acceptors (Lipinski definition) is 6. The third kappa shape index (κ3) is 7.94. The molecular weight excluding hydrogens is 503 g/mol. The molecule has 1 aromatic heterocycles. The van der Waals surface area contributed by atoms with Crippen LogP contribution in [0.2, 0.25) is 0 Å². The van der Waals surface area contributed by atoms with E-state index >= 15 is 0 Å². The van der Waals surface area contributed by atoms with Gasteiger partial charge in [-0.1, -0.05) is 26.0 Å². The van der Waals surface area contributed by atoms with Crippen LogP contribution in [0.15, 0.2) is 66.9 Å². The fourth-order valence-electron chi connectivity index (χ4n) is 3.37. The third-order valence-electron chi connectivity index (χ3n) is 5.74. The number of alkyl halides is 3. The first kappa shape index (κ1) is 28.5. The van der Waals surface area contributed by atoms with E-state index in [-0.39, 0.29) is 18.6 Å². The van der Waals surface area contributed by atoms with Crippen LogP contribution < -0.4 is 15.4 Å². The van der Waals surface area contributed by atoms with Crippen LogP contribution >= 0.6 is 0 Å². The second-order valence-corrected chi connectivity index (χ2v) is 8.91. The summed E-state index contributed by atoms with van der Waals surface area (Å²) >= 11 is 0. The number of ether oxygens (including phenoxy) is 1. The molecule has 0 saturated heterocycles. The van der Waals surface area contributed by atoms with Gasteiger partial charge in [0.25, 0.3) is 5.91 Å². The van der Waals surface area contributed by atoms with Crippen molar-refractivity contribution >= 4 is 17.6 Å². The van der Waals surface area contributed by atoms with Crippen molar-refractivity contribution in [2.75, 3.05) is 18.5 Å². The van der Waals surface area contributed by atoms with Crippen molar-refractivity contribution in [3.05, 3.63) is 78.0 Å². The lowest BCUT2D eigenvalue weighted by molar-refractivity contribution is -0.146. The molecule has 0 aliphatic carbocycles. The molecule has 202 valence electrons. The maximum Gasteiger partial charge on any atom is 0.416 e. The number of amides is 1. The smallest absolute Gasteiger partial charge is 0.416 e. The molecule has 0 spiro atoms. The van der Waals surface area contributed by atoms with E-state index in [9.17, 15) is 27.9 Å². The average molecular weight is 532 g/mol. The molecule has 0 aliphatic heterocycles. The van der Waals surface area contributed by atoms with Crippen LogP contribution in [0.1, 0.15) is 29.8 Å². The van der Waals surface area contributed by atoms with E-state index in [0.717, 1.165) is 17.8 Å². The topological polar surface area (TPSA) is 121 Å². The maximum absolute atomic E-state index is 12.8. The summed E-state index contributed by atoms with van der Waals surface area (Å²) in [5, 5.41) is 23.7. The van der Waals surface area contributed by atoms with Crippen LogP contribution in [0.4, 0.5) is 18.9 Å². The van der Waals surface area contributed by atoms with Crippen LogP contribution in [0.25, 0.3) is 11.1 Å². The fraction of sp³-hybridized carbons (Fsp3) is 0.296. The van der Waals surface area contributed by atoms with E-state index in [1.807, 2.05) is 13.8 Å². The predicted octanol–water partition coefficient (Wildman–Crippen LogP) is 4.46. The number of hydrogen-bond donors (Lipinski definition) is 4. The summed E-state index contributed by atoms with van der Waals surface area (Å²) in [6.45, 7) is 3.90. The predicted molar refractivity (Wildman–Crippen MR) is 135 cm³/mol. The standard InChI is InChI=1S/C27H28F3N3O5/c1-16(2)22(33-21-10-5-18(6-11-21)25(35)32-14-23(34)26(36)37)15-38-24-12-7-19(13-31-24)17-3-8-20(9-4-17)27(28,29)30/h3-13,16,22-23,33-34H,14-15H2,1-2H3,(H,32,35)(H,36,37). The third-order valence-corrected chi connectivity index (χ3v) is 5.74. The maximum atomic E-state index is 12.8. The molecule has 0 radical (unpaired) electrons. The minimum absolute atomic E-state index is 0.114. The van der Waals surface area contributed by atoms with Crippen LogP contribution in [-0.4, -0.2) is 52.4 Å². The average Bonchev–Trinajstić information content (AvgIpc) is 2.89. The van der Waals surface area contributed by atoms with Gasteiger partial charge in [0.1, 0.15) is 6.61 Å². The zero-order chi connectivity index (χ0) is 27.9. The van der Waals surface area contributed by atoms with E-state index in [1.54, 1.807) is 36.4 Å². The van der Waals surface area contributed by atoms with Gasteiger partial charge in [-0.3, -0.25) is 4.79 Å². The summed E-state index contributed by atoms with van der Waals surface area (Å²) in [6, 6.07) is 14.7. The van der Waals surface area contributed by atoms with Crippen LogP contribution in [0, 0.1) is 5.92 Å². The first-order valence-electron chi connectivity index (χ1n) is 11.8. The number of nitrogens with zero attached hydrogens (tertiary/aromatic N) is 1. The summed E-state index contributed by atoms with van der Waals surface area (Å²) < 4.78 is 44.1. The highest BCUT2D eigenvalue weighted by molar-refractivity contribution is 5.94. The first-order chi connectivity index (χ1) is 17.9. The number of nitrogens with one attached hydrogen (secondary N) is 2. The van der Waals surface area contributed by atoms with Gasteiger partial charge in [-0.2, -0.15) is 13.2 Å². The molecule has 1 amide bonds. The molecule has 0 bridgehead atoms. The number of aliphatic hydroxyl groups is 1. The van der Waals surface area contributed by atoms with Crippen molar-refractivity contribution in [2.45, 2.75) is 32.2 Å². The van der Waals surface area contributed by atoms with Crippen molar-refractivity contribution in [3.8, 4) is 17.0 Å². The summed E-state index contributed by atoms with van der Waals surface area (Å²) in [6.07, 6.45) is -4.53. The van der Waals surface area contributed by atoms with Crippen molar-refractivity contribution in [1.82, 2.24) is 10.3 Å². The van der Waals surface area contributed by atoms with Crippen LogP contribution in [0.5, 0.6) is 5.88 Å². The Bertz CT molecular complexity index is 1210. The van der Waals surface area contributed by atoms with Gasteiger partial charge in [0.05, 0.1) is 18.2 Å². The highest BCUT2D eigenvalue weighted by atomic mass is 19.4. The van der Waals surface area contributed by atoms with Gasteiger partial charge in [-0.05, 0) is 53.9 Å². The summed E-state index contributed by atoms with van der Waals surface area (Å²) in [5.74, 6) is -1.39. The quantitative estimate of drug-likeness (QED) is 0.288. The zero-order valence-electron chi connectivity index (χ0n) is 20.7. The highest BCUT2D eigenvalue weighted by Gasteiger charge is 2.30. The Labute approximate surface area is 217 Å². The second-order valence-electron chi connectivity index (χ2n) is 8.91. The number of anilines is 1. The molecule has 0 fully saturated rings. The molecule has 3 aromatic rings. The lowest BCUT2D eigenvalue weighted by Gasteiger charge is -2.23. The normalized spacial score (nSPS) is 13.0. The number of aromatic nitrogens is 1. The Balaban J connectivity index is 1.56. The van der Waals surface area contributed by atoms with Crippen LogP contribution in [-0.2, 0) is 11.0 Å². The Morgan fingerprint density at radius 3 is 2.13 bits per heavy atom. The van der Waals surface area contributed by atoms with E-state index in [1.165, 1.54) is 18.3 Å².